The molecule has 0 atom stereocenters. The largest absolute Gasteiger partial charge is 0.476 e. The maximum atomic E-state index is 11.2. The highest BCUT2D eigenvalue weighted by molar-refractivity contribution is 6.32. The Morgan fingerprint density at radius 2 is 1.23 bits per heavy atom. The molecule has 0 rings (SSSR count). The summed E-state index contributed by atoms with van der Waals surface area (Å²) in [5.41, 5.74) is 0. The maximum absolute atomic E-state index is 11.2. The average molecular weight is 397 g/mol. The van der Waals surface area contributed by atoms with E-state index in [-0.39, 0.29) is 26.1 Å². The van der Waals surface area contributed by atoms with Crippen molar-refractivity contribution >= 4 is 29.3 Å². The normalized spacial score (nSPS) is 10.7. The number of alkyl halides is 1. The lowest BCUT2D eigenvalue weighted by molar-refractivity contribution is -0.151. The molecule has 1 N–H and O–H groups in total. The van der Waals surface area contributed by atoms with Crippen molar-refractivity contribution in [1.82, 2.24) is 0 Å². The van der Waals surface area contributed by atoms with E-state index < -0.39 is 17.7 Å². The molecule has 0 aliphatic rings. The van der Waals surface area contributed by atoms with Crippen molar-refractivity contribution in [3.05, 3.63) is 0 Å². The summed E-state index contributed by atoms with van der Waals surface area (Å²) in [6.45, 7) is 2.81. The summed E-state index contributed by atoms with van der Waals surface area (Å²) in [7, 11) is 0. The first-order valence-corrected chi connectivity index (χ1v) is 9.32. The van der Waals surface area contributed by atoms with Crippen LogP contribution in [0.1, 0.15) is 38.5 Å². The lowest BCUT2D eigenvalue weighted by Crippen LogP contribution is -2.17. The highest BCUT2D eigenvalue weighted by Gasteiger charge is 2.13. The molecule has 8 nitrogen and oxygen atoms in total. The van der Waals surface area contributed by atoms with E-state index in [0.717, 1.165) is 32.3 Å². The van der Waals surface area contributed by atoms with Crippen LogP contribution in [0.3, 0.4) is 0 Å². The first-order valence-electron chi connectivity index (χ1n) is 8.79. The lowest BCUT2D eigenvalue weighted by atomic mass is 10.2. The zero-order valence-corrected chi connectivity index (χ0v) is 15.8. The van der Waals surface area contributed by atoms with Crippen LogP contribution < -0.4 is 0 Å². The first-order chi connectivity index (χ1) is 12.6. The van der Waals surface area contributed by atoms with E-state index in [0.29, 0.717) is 32.3 Å². The Morgan fingerprint density at radius 3 is 1.81 bits per heavy atom. The molecule has 9 heteroatoms. The highest BCUT2D eigenvalue weighted by Crippen LogP contribution is 2.01. The van der Waals surface area contributed by atoms with Gasteiger partial charge in [0.15, 0.2) is 0 Å². The molecule has 0 spiro atoms. The Bertz CT molecular complexity index is 389. The molecule has 0 aromatic rings. The highest BCUT2D eigenvalue weighted by atomic mass is 35.5. The van der Waals surface area contributed by atoms with Crippen molar-refractivity contribution in [3.8, 4) is 0 Å². The van der Waals surface area contributed by atoms with Gasteiger partial charge in [-0.15, -0.1) is 11.6 Å². The van der Waals surface area contributed by atoms with Gasteiger partial charge in [0.2, 0.25) is 5.78 Å². The predicted molar refractivity (Wildman–Crippen MR) is 94.5 cm³/mol. The Kier molecular flexibility index (Phi) is 17.7. The molecule has 0 aliphatic heterocycles. The van der Waals surface area contributed by atoms with Gasteiger partial charge in [-0.1, -0.05) is 12.8 Å². The fraction of sp³-hybridized carbons (Fsp3) is 0.824. The standard InChI is InChI=1S/C17H29ClO8/c18-7-3-1-2-4-8-23-9-10-24-11-12-25-13-14-26-16(20)6-5-15(19)17(21)22/h1-14H2,(H,21,22). The summed E-state index contributed by atoms with van der Waals surface area (Å²) in [5, 5.41) is 8.37. The van der Waals surface area contributed by atoms with Gasteiger partial charge in [-0.2, -0.15) is 0 Å². The molecule has 0 bridgehead atoms. The van der Waals surface area contributed by atoms with E-state index in [1.54, 1.807) is 0 Å². The minimum atomic E-state index is -1.55. The zero-order valence-electron chi connectivity index (χ0n) is 15.1. The van der Waals surface area contributed by atoms with E-state index >= 15 is 0 Å². The van der Waals surface area contributed by atoms with Crippen molar-refractivity contribution in [2.24, 2.45) is 0 Å². The molecular weight excluding hydrogens is 368 g/mol. The second kappa shape index (κ2) is 18.6. The van der Waals surface area contributed by atoms with Crippen LogP contribution in [0, 0.1) is 0 Å². The number of aliphatic carboxylic acids is 1. The maximum Gasteiger partial charge on any atom is 0.372 e. The van der Waals surface area contributed by atoms with E-state index in [1.807, 2.05) is 0 Å². The van der Waals surface area contributed by atoms with Crippen molar-refractivity contribution in [2.45, 2.75) is 38.5 Å². The van der Waals surface area contributed by atoms with Gasteiger partial charge < -0.3 is 24.1 Å². The third-order valence-corrected chi connectivity index (χ3v) is 3.47. The van der Waals surface area contributed by atoms with Gasteiger partial charge in [-0.3, -0.25) is 9.59 Å². The molecule has 0 saturated carbocycles. The number of esters is 1. The Labute approximate surface area is 159 Å². The number of carboxylic acids is 1. The average Bonchev–Trinajstić information content (AvgIpc) is 2.62. The summed E-state index contributed by atoms with van der Waals surface area (Å²) >= 11 is 5.59. The molecule has 0 aliphatic carbocycles. The molecule has 26 heavy (non-hydrogen) atoms. The third kappa shape index (κ3) is 17.6. The number of hydrogen-bond donors (Lipinski definition) is 1. The van der Waals surface area contributed by atoms with Gasteiger partial charge in [0.25, 0.3) is 0 Å². The van der Waals surface area contributed by atoms with Crippen LogP contribution >= 0.6 is 11.6 Å². The number of carbonyl (C=O) groups is 3. The number of halogens is 1. The number of carboxylic acid groups (broad SMARTS) is 1. The van der Waals surface area contributed by atoms with Crippen molar-refractivity contribution < 1.29 is 38.4 Å². The van der Waals surface area contributed by atoms with E-state index in [2.05, 4.69) is 0 Å². The number of ketones is 1. The minimum Gasteiger partial charge on any atom is -0.476 e. The third-order valence-electron chi connectivity index (χ3n) is 3.20. The van der Waals surface area contributed by atoms with Crippen LogP contribution in [-0.4, -0.2) is 75.0 Å². The van der Waals surface area contributed by atoms with Gasteiger partial charge in [0.1, 0.15) is 6.61 Å². The Hall–Kier alpha value is -1.22. The van der Waals surface area contributed by atoms with Crippen molar-refractivity contribution in [2.75, 3.05) is 52.1 Å². The summed E-state index contributed by atoms with van der Waals surface area (Å²) in [6, 6.07) is 0. The van der Waals surface area contributed by atoms with Crippen LogP contribution in [0.25, 0.3) is 0 Å². The van der Waals surface area contributed by atoms with E-state index in [1.165, 1.54) is 0 Å². The van der Waals surface area contributed by atoms with Gasteiger partial charge in [0, 0.05) is 18.9 Å². The fourth-order valence-electron chi connectivity index (χ4n) is 1.80. The monoisotopic (exact) mass is 396 g/mol. The molecule has 0 aromatic carbocycles. The number of unbranched alkanes of at least 4 members (excludes halogenated alkanes) is 3. The lowest BCUT2D eigenvalue weighted by Gasteiger charge is -2.07. The topological polar surface area (TPSA) is 108 Å². The number of Topliss-reactive ketones (excluding diaryl/α,β-unsaturated/α-hetero) is 1. The van der Waals surface area contributed by atoms with E-state index in [9.17, 15) is 14.4 Å². The van der Waals surface area contributed by atoms with E-state index in [4.69, 9.17) is 35.7 Å². The molecule has 0 heterocycles. The Balaban J connectivity index is 3.20. The molecule has 152 valence electrons. The molecule has 0 aromatic heterocycles. The van der Waals surface area contributed by atoms with Crippen LogP contribution in [-0.2, 0) is 33.3 Å². The number of ether oxygens (including phenoxy) is 4. The summed E-state index contributed by atoms with van der Waals surface area (Å²) in [6.07, 6.45) is 3.73. The molecule has 0 unspecified atom stereocenters. The SMILES string of the molecule is O=C(CCC(=O)C(=O)O)OCCOCCOCCOCCCCCCCl. The molecule has 0 amide bonds. The molecule has 0 fully saturated rings. The van der Waals surface area contributed by atoms with Crippen LogP contribution in [0.4, 0.5) is 0 Å². The number of hydrogen-bond acceptors (Lipinski definition) is 7. The van der Waals surface area contributed by atoms with Crippen molar-refractivity contribution in [1.29, 1.82) is 0 Å². The summed E-state index contributed by atoms with van der Waals surface area (Å²) in [4.78, 5) is 32.3. The quantitative estimate of drug-likeness (QED) is 0.152. The second-order valence-corrected chi connectivity index (χ2v) is 5.77. The van der Waals surface area contributed by atoms with Crippen molar-refractivity contribution in [3.63, 3.8) is 0 Å². The number of rotatable bonds is 19. The van der Waals surface area contributed by atoms with Crippen LogP contribution in [0.15, 0.2) is 0 Å². The zero-order chi connectivity index (χ0) is 19.5. The van der Waals surface area contributed by atoms with Gasteiger partial charge in [-0.05, 0) is 12.8 Å². The van der Waals surface area contributed by atoms with Crippen LogP contribution in [0.2, 0.25) is 0 Å². The molecule has 0 saturated heterocycles. The predicted octanol–water partition coefficient (Wildman–Crippen LogP) is 1.81. The van der Waals surface area contributed by atoms with Crippen LogP contribution in [0.5, 0.6) is 0 Å². The minimum absolute atomic E-state index is 0.0485. The fourth-order valence-corrected chi connectivity index (χ4v) is 1.99. The molecular formula is C17H29ClO8. The van der Waals surface area contributed by atoms with Gasteiger partial charge >= 0.3 is 11.9 Å². The van der Waals surface area contributed by atoms with Gasteiger partial charge in [0.05, 0.1) is 39.5 Å². The summed E-state index contributed by atoms with van der Waals surface area (Å²) in [5.74, 6) is -2.47. The molecule has 0 radical (unpaired) electrons. The number of carbonyl (C=O) groups excluding carboxylic acids is 2. The smallest absolute Gasteiger partial charge is 0.372 e. The summed E-state index contributed by atoms with van der Waals surface area (Å²) < 4.78 is 20.8. The first kappa shape index (κ1) is 24.8. The van der Waals surface area contributed by atoms with Gasteiger partial charge in [-0.25, -0.2) is 4.79 Å². The Morgan fingerprint density at radius 1 is 0.692 bits per heavy atom. The second-order valence-electron chi connectivity index (χ2n) is 5.39.